The SMILES string of the molecule is C=CCNC(=O)C(C)N1CCN(c2ccc(C)cc2)CC1. The zero-order chi connectivity index (χ0) is 15.2. The van der Waals surface area contributed by atoms with Gasteiger partial charge in [-0.25, -0.2) is 0 Å². The third kappa shape index (κ3) is 4.08. The van der Waals surface area contributed by atoms with Gasteiger partial charge in [0.2, 0.25) is 5.91 Å². The van der Waals surface area contributed by atoms with E-state index in [0.717, 1.165) is 26.2 Å². The third-order valence-corrected chi connectivity index (χ3v) is 4.06. The Kier molecular flexibility index (Phi) is 5.39. The van der Waals surface area contributed by atoms with Crippen molar-refractivity contribution in [2.24, 2.45) is 0 Å². The molecule has 1 aromatic carbocycles. The van der Waals surface area contributed by atoms with Gasteiger partial charge in [-0.05, 0) is 26.0 Å². The summed E-state index contributed by atoms with van der Waals surface area (Å²) in [5.74, 6) is 0.0821. The summed E-state index contributed by atoms with van der Waals surface area (Å²) in [6, 6.07) is 8.56. The second kappa shape index (κ2) is 7.27. The average Bonchev–Trinajstić information content (AvgIpc) is 2.53. The van der Waals surface area contributed by atoms with E-state index in [1.54, 1.807) is 6.08 Å². The van der Waals surface area contributed by atoms with E-state index < -0.39 is 0 Å². The topological polar surface area (TPSA) is 35.6 Å². The Hall–Kier alpha value is -1.81. The fourth-order valence-electron chi connectivity index (χ4n) is 2.61. The molecule has 0 radical (unpaired) electrons. The van der Waals surface area contributed by atoms with Crippen molar-refractivity contribution in [2.75, 3.05) is 37.6 Å². The summed E-state index contributed by atoms with van der Waals surface area (Å²) in [5.41, 5.74) is 2.55. The van der Waals surface area contributed by atoms with Crippen LogP contribution < -0.4 is 10.2 Å². The molecule has 1 aliphatic heterocycles. The quantitative estimate of drug-likeness (QED) is 0.839. The largest absolute Gasteiger partial charge is 0.369 e. The van der Waals surface area contributed by atoms with Crippen LogP contribution in [0.5, 0.6) is 0 Å². The highest BCUT2D eigenvalue weighted by molar-refractivity contribution is 5.81. The normalized spacial score (nSPS) is 17.3. The van der Waals surface area contributed by atoms with Gasteiger partial charge in [-0.2, -0.15) is 0 Å². The molecule has 1 N–H and O–H groups in total. The molecule has 114 valence electrons. The fraction of sp³-hybridized carbons (Fsp3) is 0.471. The van der Waals surface area contributed by atoms with Gasteiger partial charge in [-0.3, -0.25) is 9.69 Å². The number of nitrogens with one attached hydrogen (secondary N) is 1. The number of carbonyl (C=O) groups excluding carboxylic acids is 1. The number of nitrogens with zero attached hydrogens (tertiary/aromatic N) is 2. The van der Waals surface area contributed by atoms with Crippen LogP contribution >= 0.6 is 0 Å². The maximum atomic E-state index is 12.0. The Morgan fingerprint density at radius 2 is 1.90 bits per heavy atom. The van der Waals surface area contributed by atoms with Crippen LogP contribution in [0.3, 0.4) is 0 Å². The van der Waals surface area contributed by atoms with Crippen molar-refractivity contribution in [3.8, 4) is 0 Å². The standard InChI is InChI=1S/C17H25N3O/c1-4-9-18-17(21)15(3)19-10-12-20(13-11-19)16-7-5-14(2)6-8-16/h4-8,15H,1,9-13H2,2-3H3,(H,18,21). The first-order valence-electron chi connectivity index (χ1n) is 7.56. The van der Waals surface area contributed by atoms with Crippen LogP contribution in [0.25, 0.3) is 0 Å². The maximum Gasteiger partial charge on any atom is 0.237 e. The highest BCUT2D eigenvalue weighted by Crippen LogP contribution is 2.17. The van der Waals surface area contributed by atoms with E-state index in [4.69, 9.17) is 0 Å². The lowest BCUT2D eigenvalue weighted by Crippen LogP contribution is -2.54. The minimum absolute atomic E-state index is 0.0786. The van der Waals surface area contributed by atoms with Gasteiger partial charge in [0.25, 0.3) is 0 Å². The molecule has 0 aliphatic carbocycles. The Morgan fingerprint density at radius 3 is 2.48 bits per heavy atom. The van der Waals surface area contributed by atoms with Crippen LogP contribution in [-0.2, 0) is 4.79 Å². The second-order valence-electron chi connectivity index (χ2n) is 5.57. The molecule has 1 aliphatic rings. The van der Waals surface area contributed by atoms with E-state index in [9.17, 15) is 4.79 Å². The minimum atomic E-state index is -0.0786. The van der Waals surface area contributed by atoms with E-state index in [0.29, 0.717) is 6.54 Å². The first-order valence-corrected chi connectivity index (χ1v) is 7.56. The van der Waals surface area contributed by atoms with E-state index in [1.165, 1.54) is 11.3 Å². The molecule has 1 atom stereocenters. The third-order valence-electron chi connectivity index (χ3n) is 4.06. The molecule has 0 spiro atoms. The highest BCUT2D eigenvalue weighted by Gasteiger charge is 2.25. The lowest BCUT2D eigenvalue weighted by atomic mass is 10.1. The van der Waals surface area contributed by atoms with E-state index in [-0.39, 0.29) is 11.9 Å². The Labute approximate surface area is 127 Å². The Morgan fingerprint density at radius 1 is 1.29 bits per heavy atom. The molecule has 1 heterocycles. The molecule has 1 unspecified atom stereocenters. The Balaban J connectivity index is 1.86. The molecule has 4 heteroatoms. The van der Waals surface area contributed by atoms with E-state index in [2.05, 4.69) is 52.9 Å². The number of amides is 1. The molecule has 1 saturated heterocycles. The molecular formula is C17H25N3O. The van der Waals surface area contributed by atoms with Gasteiger partial charge in [0.15, 0.2) is 0 Å². The van der Waals surface area contributed by atoms with Crippen LogP contribution in [-0.4, -0.2) is 49.6 Å². The number of hydrogen-bond acceptors (Lipinski definition) is 3. The monoisotopic (exact) mass is 287 g/mol. The van der Waals surface area contributed by atoms with Gasteiger partial charge in [-0.1, -0.05) is 23.8 Å². The molecule has 1 amide bonds. The summed E-state index contributed by atoms with van der Waals surface area (Å²) in [6.45, 7) is 12.0. The van der Waals surface area contributed by atoms with Crippen LogP contribution in [0, 0.1) is 6.92 Å². The highest BCUT2D eigenvalue weighted by atomic mass is 16.2. The number of anilines is 1. The van der Waals surface area contributed by atoms with Crippen molar-refractivity contribution in [3.05, 3.63) is 42.5 Å². The lowest BCUT2D eigenvalue weighted by Gasteiger charge is -2.38. The predicted octanol–water partition coefficient (Wildman–Crippen LogP) is 1.81. The molecule has 2 rings (SSSR count). The van der Waals surface area contributed by atoms with Crippen molar-refractivity contribution in [2.45, 2.75) is 19.9 Å². The lowest BCUT2D eigenvalue weighted by molar-refractivity contribution is -0.125. The summed E-state index contributed by atoms with van der Waals surface area (Å²) < 4.78 is 0. The first-order chi connectivity index (χ1) is 10.1. The number of aryl methyl sites for hydroxylation is 1. The molecule has 1 fully saturated rings. The molecular weight excluding hydrogens is 262 g/mol. The smallest absolute Gasteiger partial charge is 0.237 e. The molecule has 0 bridgehead atoms. The molecule has 0 saturated carbocycles. The van der Waals surface area contributed by atoms with Crippen molar-refractivity contribution in [1.29, 1.82) is 0 Å². The van der Waals surface area contributed by atoms with Crippen molar-refractivity contribution in [3.63, 3.8) is 0 Å². The number of hydrogen-bond donors (Lipinski definition) is 1. The van der Waals surface area contributed by atoms with Gasteiger partial charge in [-0.15, -0.1) is 6.58 Å². The van der Waals surface area contributed by atoms with Crippen molar-refractivity contribution >= 4 is 11.6 Å². The van der Waals surface area contributed by atoms with E-state index >= 15 is 0 Å². The van der Waals surface area contributed by atoms with Gasteiger partial charge in [0.05, 0.1) is 6.04 Å². The van der Waals surface area contributed by atoms with Gasteiger partial charge < -0.3 is 10.2 Å². The average molecular weight is 287 g/mol. The predicted molar refractivity (Wildman–Crippen MR) is 87.6 cm³/mol. The maximum absolute atomic E-state index is 12.0. The summed E-state index contributed by atoms with van der Waals surface area (Å²) in [5, 5.41) is 2.87. The molecule has 4 nitrogen and oxygen atoms in total. The van der Waals surface area contributed by atoms with Crippen LogP contribution in [0.1, 0.15) is 12.5 Å². The van der Waals surface area contributed by atoms with Gasteiger partial charge in [0.1, 0.15) is 0 Å². The van der Waals surface area contributed by atoms with Gasteiger partial charge >= 0.3 is 0 Å². The van der Waals surface area contributed by atoms with Crippen LogP contribution in [0.2, 0.25) is 0 Å². The van der Waals surface area contributed by atoms with Crippen LogP contribution in [0.4, 0.5) is 5.69 Å². The summed E-state index contributed by atoms with van der Waals surface area (Å²) in [6.07, 6.45) is 1.71. The Bertz CT molecular complexity index is 475. The molecule has 1 aromatic rings. The second-order valence-corrected chi connectivity index (χ2v) is 5.57. The zero-order valence-corrected chi connectivity index (χ0v) is 13.0. The first kappa shape index (κ1) is 15.6. The number of carbonyl (C=O) groups is 1. The van der Waals surface area contributed by atoms with E-state index in [1.807, 2.05) is 6.92 Å². The summed E-state index contributed by atoms with van der Waals surface area (Å²) in [4.78, 5) is 16.6. The number of rotatable bonds is 5. The molecule has 21 heavy (non-hydrogen) atoms. The van der Waals surface area contributed by atoms with Gasteiger partial charge in [0, 0.05) is 38.4 Å². The summed E-state index contributed by atoms with van der Waals surface area (Å²) in [7, 11) is 0. The summed E-state index contributed by atoms with van der Waals surface area (Å²) >= 11 is 0. The van der Waals surface area contributed by atoms with Crippen molar-refractivity contribution < 1.29 is 4.79 Å². The number of benzene rings is 1. The van der Waals surface area contributed by atoms with Crippen LogP contribution in [0.15, 0.2) is 36.9 Å². The zero-order valence-electron chi connectivity index (χ0n) is 13.0. The fourth-order valence-corrected chi connectivity index (χ4v) is 2.61. The number of piperazine rings is 1. The molecule has 0 aromatic heterocycles. The minimum Gasteiger partial charge on any atom is -0.369 e. The van der Waals surface area contributed by atoms with Crippen molar-refractivity contribution in [1.82, 2.24) is 10.2 Å².